The molecule has 0 saturated heterocycles. The number of aromatic amines is 2. The lowest BCUT2D eigenvalue weighted by molar-refractivity contribution is -0.118. The Hall–Kier alpha value is -3.88. The number of aromatic nitrogens is 2. The van der Waals surface area contributed by atoms with Gasteiger partial charge in [-0.05, 0) is 23.3 Å². The maximum Gasteiger partial charge on any atom is 0.267 e. The highest BCUT2D eigenvalue weighted by Crippen LogP contribution is 2.45. The van der Waals surface area contributed by atoms with Crippen molar-refractivity contribution >= 4 is 5.91 Å². The molecule has 0 spiro atoms. The van der Waals surface area contributed by atoms with Gasteiger partial charge in [0.2, 0.25) is 11.7 Å². The summed E-state index contributed by atoms with van der Waals surface area (Å²) >= 11 is 0. The molecule has 0 bridgehead atoms. The summed E-state index contributed by atoms with van der Waals surface area (Å²) in [5, 5.41) is 5.65. The Labute approximate surface area is 190 Å². The van der Waals surface area contributed by atoms with E-state index in [4.69, 9.17) is 24.7 Å². The first kappa shape index (κ1) is 22.3. The first-order chi connectivity index (χ1) is 16.0. The normalized spacial score (nSPS) is 13.2. The minimum Gasteiger partial charge on any atom is -0.493 e. The Morgan fingerprint density at radius 1 is 1.09 bits per heavy atom. The summed E-state index contributed by atoms with van der Waals surface area (Å²) in [6.45, 7) is 0.671. The van der Waals surface area contributed by atoms with Crippen molar-refractivity contribution in [2.75, 3.05) is 27.9 Å². The van der Waals surface area contributed by atoms with Gasteiger partial charge in [-0.3, -0.25) is 14.7 Å². The number of methoxy groups -OCH3 is 3. The van der Waals surface area contributed by atoms with Crippen molar-refractivity contribution < 1.29 is 23.7 Å². The quantitative estimate of drug-likeness (QED) is 0.456. The Balaban J connectivity index is 1.81. The molecule has 4 N–H and O–H groups in total. The Morgan fingerprint density at radius 2 is 1.88 bits per heavy atom. The van der Waals surface area contributed by atoms with Crippen LogP contribution in [-0.4, -0.2) is 44.0 Å². The second-order valence-corrected chi connectivity index (χ2v) is 7.84. The fourth-order valence-corrected chi connectivity index (χ4v) is 4.43. The predicted molar refractivity (Wildman–Crippen MR) is 122 cm³/mol. The number of ether oxygens (including phenoxy) is 4. The van der Waals surface area contributed by atoms with Crippen LogP contribution in [-0.2, 0) is 17.6 Å². The number of rotatable bonds is 9. The van der Waals surface area contributed by atoms with Crippen LogP contribution in [0.25, 0.3) is 0 Å². The Kier molecular flexibility index (Phi) is 6.30. The van der Waals surface area contributed by atoms with Crippen LogP contribution in [0, 0.1) is 0 Å². The number of benzene rings is 2. The number of carbonyl (C=O) groups excluding carboxylic acids is 1. The maximum absolute atomic E-state index is 12.9. The molecule has 33 heavy (non-hydrogen) atoms. The molecule has 2 heterocycles. The summed E-state index contributed by atoms with van der Waals surface area (Å²) in [6, 6.07) is 9.47. The van der Waals surface area contributed by atoms with Gasteiger partial charge in [0.15, 0.2) is 11.5 Å². The van der Waals surface area contributed by atoms with Gasteiger partial charge in [-0.15, -0.1) is 0 Å². The standard InChI is InChI=1S/C24H27N3O6/c1-30-19-7-5-15(22(31-2)23(19)32-3)16(12-20(25)28)21-17(26-27-24(21)29)11-13-4-6-18-14(10-13)8-9-33-18/h4-7,10,16H,8-9,11-12H2,1-3H3,(H2,25,28)(H2,26,27,29)/t16-/m0/s1. The molecule has 1 aliphatic heterocycles. The third kappa shape index (κ3) is 4.26. The highest BCUT2D eigenvalue weighted by atomic mass is 16.5. The van der Waals surface area contributed by atoms with Crippen molar-refractivity contribution in [1.29, 1.82) is 0 Å². The van der Waals surface area contributed by atoms with Crippen molar-refractivity contribution in [3.05, 3.63) is 68.6 Å². The summed E-state index contributed by atoms with van der Waals surface area (Å²) in [5.41, 5.74) is 9.13. The molecule has 1 aliphatic rings. The highest BCUT2D eigenvalue weighted by molar-refractivity contribution is 5.76. The fourth-order valence-electron chi connectivity index (χ4n) is 4.43. The summed E-state index contributed by atoms with van der Waals surface area (Å²) in [4.78, 5) is 25.0. The monoisotopic (exact) mass is 453 g/mol. The van der Waals surface area contributed by atoms with E-state index >= 15 is 0 Å². The lowest BCUT2D eigenvalue weighted by Gasteiger charge is -2.21. The van der Waals surface area contributed by atoms with E-state index in [1.165, 1.54) is 21.3 Å². The molecule has 0 fully saturated rings. The molecule has 0 saturated carbocycles. The lowest BCUT2D eigenvalue weighted by Crippen LogP contribution is -2.21. The van der Waals surface area contributed by atoms with Gasteiger partial charge in [0.05, 0.1) is 27.9 Å². The smallest absolute Gasteiger partial charge is 0.267 e. The molecule has 174 valence electrons. The average Bonchev–Trinajstić information content (AvgIpc) is 3.42. The van der Waals surface area contributed by atoms with E-state index in [-0.39, 0.29) is 12.0 Å². The second kappa shape index (κ2) is 9.32. The second-order valence-electron chi connectivity index (χ2n) is 7.84. The zero-order valence-electron chi connectivity index (χ0n) is 18.8. The zero-order valence-corrected chi connectivity index (χ0v) is 18.8. The fraction of sp³-hybridized carbons (Fsp3) is 0.333. The SMILES string of the molecule is COc1ccc([C@H](CC(N)=O)c2c(Cc3ccc4c(c3)CCO4)[nH][nH]c2=O)c(OC)c1OC. The van der Waals surface area contributed by atoms with Gasteiger partial charge in [-0.1, -0.05) is 18.2 Å². The molecule has 1 atom stereocenters. The zero-order chi connectivity index (χ0) is 23.5. The van der Waals surface area contributed by atoms with Crippen molar-refractivity contribution in [3.63, 3.8) is 0 Å². The van der Waals surface area contributed by atoms with Crippen LogP contribution < -0.4 is 30.2 Å². The number of hydrogen-bond acceptors (Lipinski definition) is 6. The number of primary amides is 1. The van der Waals surface area contributed by atoms with Crippen molar-refractivity contribution in [3.8, 4) is 23.0 Å². The van der Waals surface area contributed by atoms with Gasteiger partial charge >= 0.3 is 0 Å². The maximum atomic E-state index is 12.9. The molecule has 0 unspecified atom stereocenters. The van der Waals surface area contributed by atoms with Gasteiger partial charge in [0, 0.05) is 42.0 Å². The van der Waals surface area contributed by atoms with Crippen LogP contribution in [0.2, 0.25) is 0 Å². The van der Waals surface area contributed by atoms with E-state index in [2.05, 4.69) is 16.3 Å². The van der Waals surface area contributed by atoms with Gasteiger partial charge < -0.3 is 29.8 Å². The van der Waals surface area contributed by atoms with Crippen LogP contribution in [0.3, 0.4) is 0 Å². The summed E-state index contributed by atoms with van der Waals surface area (Å²) in [7, 11) is 4.52. The average molecular weight is 453 g/mol. The van der Waals surface area contributed by atoms with E-state index in [0.29, 0.717) is 47.1 Å². The third-order valence-electron chi connectivity index (χ3n) is 5.90. The first-order valence-electron chi connectivity index (χ1n) is 10.6. The van der Waals surface area contributed by atoms with Gasteiger partial charge in [0.1, 0.15) is 5.75 Å². The molecule has 9 nitrogen and oxygen atoms in total. The van der Waals surface area contributed by atoms with Crippen LogP contribution in [0.15, 0.2) is 35.1 Å². The third-order valence-corrected chi connectivity index (χ3v) is 5.90. The number of H-pyrrole nitrogens is 2. The molecular formula is C24H27N3O6. The van der Waals surface area contributed by atoms with E-state index < -0.39 is 11.8 Å². The number of fused-ring (bicyclic) bond motifs is 1. The van der Waals surface area contributed by atoms with Gasteiger partial charge in [-0.25, -0.2) is 0 Å². The van der Waals surface area contributed by atoms with E-state index in [1.807, 2.05) is 12.1 Å². The van der Waals surface area contributed by atoms with Crippen LogP contribution in [0.5, 0.6) is 23.0 Å². The molecule has 0 aliphatic carbocycles. The lowest BCUT2D eigenvalue weighted by atomic mass is 9.86. The summed E-state index contributed by atoms with van der Waals surface area (Å²) in [5.74, 6) is 0.921. The minimum atomic E-state index is -0.653. The summed E-state index contributed by atoms with van der Waals surface area (Å²) in [6.07, 6.45) is 1.23. The number of amides is 1. The molecule has 3 aromatic rings. The van der Waals surface area contributed by atoms with Crippen molar-refractivity contribution in [2.24, 2.45) is 5.73 Å². The largest absolute Gasteiger partial charge is 0.493 e. The minimum absolute atomic E-state index is 0.0855. The number of carbonyl (C=O) groups is 1. The molecule has 1 amide bonds. The van der Waals surface area contributed by atoms with E-state index in [1.54, 1.807) is 12.1 Å². The molecular weight excluding hydrogens is 426 g/mol. The van der Waals surface area contributed by atoms with Gasteiger partial charge in [-0.2, -0.15) is 0 Å². The van der Waals surface area contributed by atoms with Crippen molar-refractivity contribution in [2.45, 2.75) is 25.2 Å². The van der Waals surface area contributed by atoms with Crippen molar-refractivity contribution in [1.82, 2.24) is 10.2 Å². The van der Waals surface area contributed by atoms with Crippen LogP contribution in [0.4, 0.5) is 0 Å². The van der Waals surface area contributed by atoms with E-state index in [0.717, 1.165) is 23.3 Å². The molecule has 2 aromatic carbocycles. The predicted octanol–water partition coefficient (Wildman–Crippen LogP) is 2.26. The number of nitrogens with one attached hydrogen (secondary N) is 2. The first-order valence-corrected chi connectivity index (χ1v) is 10.6. The van der Waals surface area contributed by atoms with E-state index in [9.17, 15) is 9.59 Å². The molecule has 4 rings (SSSR count). The Bertz CT molecular complexity index is 1230. The van der Waals surface area contributed by atoms with Crippen LogP contribution in [0.1, 0.15) is 40.3 Å². The highest BCUT2D eigenvalue weighted by Gasteiger charge is 2.30. The van der Waals surface area contributed by atoms with Gasteiger partial charge in [0.25, 0.3) is 5.56 Å². The molecule has 9 heteroatoms. The topological polar surface area (TPSA) is 129 Å². The Morgan fingerprint density at radius 3 is 2.58 bits per heavy atom. The summed E-state index contributed by atoms with van der Waals surface area (Å²) < 4.78 is 22.1. The number of hydrogen-bond donors (Lipinski definition) is 3. The molecule has 0 radical (unpaired) electrons. The molecule has 1 aromatic heterocycles. The number of nitrogens with two attached hydrogens (primary N) is 1. The van der Waals surface area contributed by atoms with Crippen LogP contribution >= 0.6 is 0 Å².